The molecule has 314 valence electrons. The molecule has 59 heavy (non-hydrogen) atoms. The van der Waals surface area contributed by atoms with Gasteiger partial charge >= 0.3 is 17.9 Å². The molecular weight excluding hydrogens is 753 g/mol. The van der Waals surface area contributed by atoms with E-state index in [1.165, 1.54) is 21.1 Å². The van der Waals surface area contributed by atoms with Crippen molar-refractivity contribution in [3.8, 4) is 5.75 Å². The number of rotatable bonds is 7. The van der Waals surface area contributed by atoms with E-state index >= 15 is 4.79 Å². The molecule has 0 amide bonds. The average Bonchev–Trinajstić information content (AvgIpc) is 3.91. The Labute approximate surface area is 345 Å². The van der Waals surface area contributed by atoms with Crippen molar-refractivity contribution < 1.29 is 43.2 Å². The lowest BCUT2D eigenvalue weighted by Crippen LogP contribution is -2.81. The Morgan fingerprint density at radius 2 is 1.75 bits per heavy atom. The fourth-order valence-corrected chi connectivity index (χ4v) is 13.3. The molecule has 3 aromatic rings. The quantitative estimate of drug-likeness (QED) is 0.202. The molecule has 9 rings (SSSR count). The number of carbonyl (C=O) groups excluding carboxylic acids is 4. The second kappa shape index (κ2) is 13.9. The third-order valence-corrected chi connectivity index (χ3v) is 15.5. The summed E-state index contributed by atoms with van der Waals surface area (Å²) in [6.07, 6.45) is 5.29. The number of para-hydroxylation sites is 1. The Morgan fingerprint density at radius 1 is 0.983 bits per heavy atom. The first-order valence-electron chi connectivity index (χ1n) is 21.1. The van der Waals surface area contributed by atoms with Crippen molar-refractivity contribution in [3.63, 3.8) is 0 Å². The van der Waals surface area contributed by atoms with Gasteiger partial charge in [0.1, 0.15) is 16.9 Å². The zero-order valence-corrected chi connectivity index (χ0v) is 35.1. The highest BCUT2D eigenvalue weighted by atomic mass is 16.6. The van der Waals surface area contributed by atoms with Crippen LogP contribution in [-0.2, 0) is 50.6 Å². The minimum atomic E-state index is -2.32. The minimum Gasteiger partial charge on any atom is -0.496 e. The molecule has 5 aliphatic heterocycles. The first-order valence-corrected chi connectivity index (χ1v) is 21.1. The Morgan fingerprint density at radius 3 is 2.44 bits per heavy atom. The van der Waals surface area contributed by atoms with Gasteiger partial charge in [-0.2, -0.15) is 0 Å². The highest BCUT2D eigenvalue weighted by molar-refractivity contribution is 5.96. The number of Topliss-reactive ketones (excluding diaryl/α,β-unsaturated/α-hetero) is 1. The molecule has 2 aromatic carbocycles. The summed E-state index contributed by atoms with van der Waals surface area (Å²) in [5.41, 5.74) is -1.13. The van der Waals surface area contributed by atoms with Gasteiger partial charge in [0.2, 0.25) is 5.60 Å². The van der Waals surface area contributed by atoms with Gasteiger partial charge in [0.15, 0.2) is 6.10 Å². The normalized spacial score (nSPS) is 35.7. The number of aromatic nitrogens is 1. The number of ether oxygens (including phenoxy) is 4. The molecular formula is C46H56N4O9. The van der Waals surface area contributed by atoms with Gasteiger partial charge in [-0.1, -0.05) is 44.2 Å². The monoisotopic (exact) mass is 808 g/mol. The molecule has 0 radical (unpaired) electrons. The summed E-state index contributed by atoms with van der Waals surface area (Å²) in [4.78, 5) is 67.6. The number of benzene rings is 2. The number of piperidine rings is 1. The number of hydrogen-bond donors (Lipinski definition) is 2. The number of ketones is 1. The number of aromatic amines is 1. The molecule has 1 saturated carbocycles. The lowest BCUT2D eigenvalue weighted by molar-refractivity contribution is -0.228. The number of carbonyl (C=O) groups is 4. The van der Waals surface area contributed by atoms with E-state index in [9.17, 15) is 19.5 Å². The first kappa shape index (κ1) is 39.7. The molecule has 10 atom stereocenters. The summed E-state index contributed by atoms with van der Waals surface area (Å²) in [5, 5.41) is 14.3. The summed E-state index contributed by atoms with van der Waals surface area (Å²) < 4.78 is 23.9. The van der Waals surface area contributed by atoms with Crippen LogP contribution >= 0.6 is 0 Å². The van der Waals surface area contributed by atoms with E-state index in [4.69, 9.17) is 18.9 Å². The van der Waals surface area contributed by atoms with Crippen LogP contribution in [0.1, 0.15) is 68.8 Å². The maximum absolute atomic E-state index is 15.3. The van der Waals surface area contributed by atoms with Gasteiger partial charge in [-0.3, -0.25) is 19.3 Å². The smallest absolute Gasteiger partial charge is 0.344 e. The van der Waals surface area contributed by atoms with E-state index in [0.29, 0.717) is 74.6 Å². The van der Waals surface area contributed by atoms with Crippen molar-refractivity contribution in [2.45, 2.75) is 87.5 Å². The zero-order valence-electron chi connectivity index (χ0n) is 35.1. The Bertz CT molecular complexity index is 2290. The summed E-state index contributed by atoms with van der Waals surface area (Å²) in [6, 6.07) is 10.8. The second-order valence-corrected chi connectivity index (χ2v) is 17.8. The van der Waals surface area contributed by atoms with Crippen LogP contribution < -0.4 is 9.64 Å². The molecule has 6 heterocycles. The van der Waals surface area contributed by atoms with Crippen LogP contribution in [0, 0.1) is 17.3 Å². The number of methoxy groups -OCH3 is 3. The average molecular weight is 809 g/mol. The molecule has 1 spiro atoms. The van der Waals surface area contributed by atoms with E-state index in [0.717, 1.165) is 28.6 Å². The van der Waals surface area contributed by atoms with Crippen LogP contribution in [-0.4, -0.2) is 128 Å². The van der Waals surface area contributed by atoms with Crippen LogP contribution in [0.2, 0.25) is 0 Å². The number of H-pyrrole nitrogens is 1. The largest absolute Gasteiger partial charge is 0.496 e. The third-order valence-electron chi connectivity index (χ3n) is 15.5. The van der Waals surface area contributed by atoms with Gasteiger partial charge < -0.3 is 38.8 Å². The van der Waals surface area contributed by atoms with Gasteiger partial charge in [-0.25, -0.2) is 4.79 Å². The van der Waals surface area contributed by atoms with Crippen LogP contribution in [0.25, 0.3) is 10.9 Å². The van der Waals surface area contributed by atoms with Gasteiger partial charge in [0.05, 0.1) is 27.4 Å². The molecule has 2 bridgehead atoms. The van der Waals surface area contributed by atoms with Crippen LogP contribution in [0.4, 0.5) is 5.69 Å². The number of aliphatic hydroxyl groups is 1. The number of esters is 3. The standard InChI is InChI=1S/C46H56N4O9/c1-8-27-24-49-19-15-30-29-13-10-11-14-33(29)47-37(30)45(41(53)57-6,23-28(25-49)36(27)52)32-21-31-34(22-35(32)56-5)48(4)39-44(31)17-20-50-18-12-16-43(9-2,38(44)50)40(59-26(3)51)46(39,55)42(54)58-7/h10-14,16,21-22,27-28,38-40,47,55H,8-9,15,17-20,23-25H2,1-7H3. The second-order valence-electron chi connectivity index (χ2n) is 17.8. The molecule has 2 saturated heterocycles. The number of hydrogen-bond acceptors (Lipinski definition) is 12. The first-order chi connectivity index (χ1) is 28.3. The number of likely N-dealkylation sites (N-methyl/N-ethyl adjacent to an activating group) is 1. The molecule has 2 N–H and O–H groups in total. The van der Waals surface area contributed by atoms with Crippen molar-refractivity contribution in [2.24, 2.45) is 17.3 Å². The van der Waals surface area contributed by atoms with Crippen molar-refractivity contribution >= 4 is 40.3 Å². The number of fused-ring (bicyclic) bond motifs is 6. The van der Waals surface area contributed by atoms with E-state index in [1.54, 1.807) is 7.11 Å². The van der Waals surface area contributed by atoms with Crippen LogP contribution in [0.5, 0.6) is 5.75 Å². The summed E-state index contributed by atoms with van der Waals surface area (Å²) in [6.45, 7) is 8.55. The van der Waals surface area contributed by atoms with Crippen molar-refractivity contribution in [1.29, 1.82) is 0 Å². The molecule has 1 aromatic heterocycles. The predicted octanol–water partition coefficient (Wildman–Crippen LogP) is 4.06. The van der Waals surface area contributed by atoms with Crippen molar-refractivity contribution in [3.05, 3.63) is 70.9 Å². The molecule has 3 fully saturated rings. The Kier molecular flexibility index (Phi) is 9.37. The zero-order chi connectivity index (χ0) is 41.8. The summed E-state index contributed by atoms with van der Waals surface area (Å²) in [7, 11) is 6.07. The van der Waals surface area contributed by atoms with Crippen molar-refractivity contribution in [1.82, 2.24) is 14.8 Å². The minimum absolute atomic E-state index is 0.143. The Balaban J connectivity index is 1.37. The number of nitrogens with zero attached hydrogens (tertiary/aromatic N) is 3. The topological polar surface area (TPSA) is 151 Å². The predicted molar refractivity (Wildman–Crippen MR) is 219 cm³/mol. The number of nitrogens with one attached hydrogen (secondary N) is 1. The molecule has 6 aliphatic rings. The number of anilines is 1. The summed E-state index contributed by atoms with van der Waals surface area (Å²) >= 11 is 0. The SMILES string of the molecule is CCC1CN2CCc3c([nH]c4ccccc34)C(C(=O)OC)(c3cc4c(cc3OC)N(C)C3C(O)(C(=O)OC)C(OC(C)=O)C5(CC)C=CCN6CCC43C65)CC(C2)C1=O. The van der Waals surface area contributed by atoms with Crippen LogP contribution in [0.15, 0.2) is 48.6 Å². The summed E-state index contributed by atoms with van der Waals surface area (Å²) in [5.74, 6) is -2.11. The van der Waals surface area contributed by atoms with Crippen molar-refractivity contribution in [2.75, 3.05) is 66.0 Å². The lowest BCUT2D eigenvalue weighted by Gasteiger charge is -2.63. The van der Waals surface area contributed by atoms with Gasteiger partial charge in [0, 0.05) is 103 Å². The van der Waals surface area contributed by atoms with E-state index < -0.39 is 57.8 Å². The van der Waals surface area contributed by atoms with Gasteiger partial charge in [-0.05, 0) is 61.9 Å². The third kappa shape index (κ3) is 5.07. The van der Waals surface area contributed by atoms with Crippen LogP contribution in [0.3, 0.4) is 0 Å². The van der Waals surface area contributed by atoms with Gasteiger partial charge in [-0.15, -0.1) is 0 Å². The molecule has 13 nitrogen and oxygen atoms in total. The maximum Gasteiger partial charge on any atom is 0.344 e. The highest BCUT2D eigenvalue weighted by Crippen LogP contribution is 2.68. The van der Waals surface area contributed by atoms with Gasteiger partial charge in [0.25, 0.3) is 0 Å². The maximum atomic E-state index is 15.3. The molecule has 1 aliphatic carbocycles. The fraction of sp³-hybridized carbons (Fsp3) is 0.565. The van der Waals surface area contributed by atoms with E-state index in [2.05, 4.69) is 33.8 Å². The highest BCUT2D eigenvalue weighted by Gasteiger charge is 2.80. The van der Waals surface area contributed by atoms with E-state index in [-0.39, 0.29) is 24.2 Å². The molecule has 10 unspecified atom stereocenters. The lowest BCUT2D eigenvalue weighted by atomic mass is 9.47. The van der Waals surface area contributed by atoms with E-state index in [1.807, 2.05) is 55.3 Å². The molecule has 13 heteroatoms. The fourth-order valence-electron chi connectivity index (χ4n) is 13.3. The Hall–Kier alpha value is -4.72.